The molecule has 0 aromatic carbocycles. The average Bonchev–Trinajstić information content (AvgIpc) is 2.39. The third kappa shape index (κ3) is 5.91. The lowest BCUT2D eigenvalue weighted by atomic mass is 9.84. The van der Waals surface area contributed by atoms with Crippen LogP contribution in [0.25, 0.3) is 0 Å². The third-order valence-corrected chi connectivity index (χ3v) is 6.16. The van der Waals surface area contributed by atoms with Gasteiger partial charge in [-0.05, 0) is 52.6 Å². The van der Waals surface area contributed by atoms with Gasteiger partial charge in [-0.1, -0.05) is 6.92 Å². The van der Waals surface area contributed by atoms with E-state index in [1.54, 1.807) is 7.11 Å². The molecule has 138 valence electrons. The second-order valence-electron chi connectivity index (χ2n) is 8.51. The van der Waals surface area contributed by atoms with Crippen LogP contribution in [0.1, 0.15) is 20.3 Å². The van der Waals surface area contributed by atoms with E-state index in [-0.39, 0.29) is 12.0 Å². The van der Waals surface area contributed by atoms with Gasteiger partial charge in [0.25, 0.3) is 0 Å². The maximum Gasteiger partial charge on any atom is 0.193 e. The molecule has 1 saturated heterocycles. The summed E-state index contributed by atoms with van der Waals surface area (Å²) in [6, 6.07) is 0. The smallest absolute Gasteiger partial charge is 0.193 e. The van der Waals surface area contributed by atoms with Crippen molar-refractivity contribution in [2.75, 3.05) is 13.7 Å². The summed E-state index contributed by atoms with van der Waals surface area (Å²) < 4.78 is 24.2. The molecule has 0 saturated carbocycles. The highest BCUT2D eigenvalue weighted by Crippen LogP contribution is 2.38. The highest BCUT2D eigenvalue weighted by molar-refractivity contribution is 6.70. The van der Waals surface area contributed by atoms with Gasteiger partial charge in [-0.3, -0.25) is 0 Å². The van der Waals surface area contributed by atoms with Crippen molar-refractivity contribution < 1.29 is 23.4 Å². The van der Waals surface area contributed by atoms with Crippen molar-refractivity contribution in [3.8, 4) is 0 Å². The topological polar surface area (TPSA) is 57.2 Å². The molecule has 0 aliphatic carbocycles. The van der Waals surface area contributed by atoms with Crippen molar-refractivity contribution in [1.29, 1.82) is 0 Å². The lowest BCUT2D eigenvalue weighted by Crippen LogP contribution is -2.65. The van der Waals surface area contributed by atoms with Crippen molar-refractivity contribution in [3.05, 3.63) is 0 Å². The Labute approximate surface area is 143 Å². The summed E-state index contributed by atoms with van der Waals surface area (Å²) in [5, 5.41) is 11.0. The molecule has 23 heavy (non-hydrogen) atoms. The van der Waals surface area contributed by atoms with Gasteiger partial charge in [0.2, 0.25) is 0 Å². The third-order valence-electron chi connectivity index (χ3n) is 4.17. The zero-order chi connectivity index (χ0) is 18.1. The fourth-order valence-electron chi connectivity index (χ4n) is 2.93. The molecule has 5 nitrogen and oxygen atoms in total. The van der Waals surface area contributed by atoms with Crippen LogP contribution in [0, 0.1) is 5.92 Å². The molecule has 1 aliphatic heterocycles. The lowest BCUT2D eigenvalue weighted by Gasteiger charge is -2.51. The molecule has 7 heteroatoms. The molecule has 0 radical (unpaired) electrons. The molecule has 1 N–H and O–H groups in total. The van der Waals surface area contributed by atoms with Crippen molar-refractivity contribution in [3.63, 3.8) is 0 Å². The summed E-state index contributed by atoms with van der Waals surface area (Å²) in [7, 11) is -1.89. The first kappa shape index (κ1) is 21.3. The van der Waals surface area contributed by atoms with E-state index >= 15 is 0 Å². The molecule has 5 atom stereocenters. The van der Waals surface area contributed by atoms with Gasteiger partial charge in [-0.2, -0.15) is 0 Å². The Morgan fingerprint density at radius 1 is 1.09 bits per heavy atom. The summed E-state index contributed by atoms with van der Waals surface area (Å²) in [6.07, 6.45) is -0.479. The van der Waals surface area contributed by atoms with Crippen LogP contribution in [0.3, 0.4) is 0 Å². The van der Waals surface area contributed by atoms with Crippen molar-refractivity contribution in [1.82, 2.24) is 0 Å². The van der Waals surface area contributed by atoms with Crippen molar-refractivity contribution in [2.24, 2.45) is 5.92 Å². The first-order valence-electron chi connectivity index (χ1n) is 8.56. The highest BCUT2D eigenvalue weighted by Gasteiger charge is 2.53. The van der Waals surface area contributed by atoms with Crippen LogP contribution in [-0.4, -0.2) is 59.6 Å². The number of methoxy groups -OCH3 is 1. The molecular formula is C16H36O5Si2. The summed E-state index contributed by atoms with van der Waals surface area (Å²) in [4.78, 5) is 0. The summed E-state index contributed by atoms with van der Waals surface area (Å²) in [6.45, 7) is 17.2. The fourth-order valence-corrected chi connectivity index (χ4v) is 4.71. The standard InChI is InChI=1S/C16H36O5Si2/c1-10-12-13(11-19-22(4,5)6)20-16(2,18-3)15(14(12)17)21-23(7,8)9/h12-15,17H,10-11H2,1-9H3. The normalized spacial score (nSPS) is 36.3. The van der Waals surface area contributed by atoms with E-state index in [9.17, 15) is 5.11 Å². The van der Waals surface area contributed by atoms with E-state index in [0.29, 0.717) is 6.61 Å². The summed E-state index contributed by atoms with van der Waals surface area (Å²) >= 11 is 0. The Hall–Kier alpha value is 0.234. The largest absolute Gasteiger partial charge is 0.415 e. The number of aliphatic hydroxyl groups excluding tert-OH is 1. The van der Waals surface area contributed by atoms with Gasteiger partial charge in [0.15, 0.2) is 22.4 Å². The zero-order valence-corrected chi connectivity index (χ0v) is 18.3. The molecule has 1 fully saturated rings. The number of aliphatic hydroxyl groups is 1. The van der Waals surface area contributed by atoms with Crippen LogP contribution in [0.15, 0.2) is 0 Å². The monoisotopic (exact) mass is 364 g/mol. The second-order valence-corrected chi connectivity index (χ2v) is 17.5. The zero-order valence-electron chi connectivity index (χ0n) is 16.3. The molecule has 0 aromatic heterocycles. The van der Waals surface area contributed by atoms with Gasteiger partial charge in [-0.15, -0.1) is 0 Å². The van der Waals surface area contributed by atoms with Crippen LogP contribution in [0.2, 0.25) is 39.3 Å². The van der Waals surface area contributed by atoms with Crippen LogP contribution in [0.5, 0.6) is 0 Å². The van der Waals surface area contributed by atoms with Crippen molar-refractivity contribution in [2.45, 2.75) is 83.6 Å². The van der Waals surface area contributed by atoms with Crippen LogP contribution in [0.4, 0.5) is 0 Å². The average molecular weight is 365 g/mol. The molecular weight excluding hydrogens is 328 g/mol. The molecule has 1 heterocycles. The second kappa shape index (κ2) is 7.64. The van der Waals surface area contributed by atoms with E-state index < -0.39 is 34.6 Å². The Bertz CT molecular complexity index is 378. The molecule has 5 unspecified atom stereocenters. The minimum Gasteiger partial charge on any atom is -0.415 e. The molecule has 0 bridgehead atoms. The summed E-state index contributed by atoms with van der Waals surface area (Å²) in [5.41, 5.74) is 0. The molecule has 1 aliphatic rings. The SMILES string of the molecule is CCC1C(CO[Si](C)(C)C)OC(C)(OC)C(O[Si](C)(C)C)C1O. The highest BCUT2D eigenvalue weighted by atomic mass is 28.4. The molecule has 0 amide bonds. The van der Waals surface area contributed by atoms with E-state index in [0.717, 1.165) is 6.42 Å². The minimum absolute atomic E-state index is 0.0177. The number of hydrogen-bond acceptors (Lipinski definition) is 5. The van der Waals surface area contributed by atoms with Gasteiger partial charge in [0.05, 0.1) is 18.8 Å². The Kier molecular flexibility index (Phi) is 7.06. The van der Waals surface area contributed by atoms with Gasteiger partial charge >= 0.3 is 0 Å². The Morgan fingerprint density at radius 3 is 2.04 bits per heavy atom. The van der Waals surface area contributed by atoms with E-state index in [1.165, 1.54) is 0 Å². The van der Waals surface area contributed by atoms with E-state index in [4.69, 9.17) is 18.3 Å². The Balaban J connectivity index is 3.00. The van der Waals surface area contributed by atoms with E-state index in [2.05, 4.69) is 46.2 Å². The van der Waals surface area contributed by atoms with Gasteiger partial charge in [-0.25, -0.2) is 0 Å². The van der Waals surface area contributed by atoms with Crippen LogP contribution >= 0.6 is 0 Å². The maximum atomic E-state index is 11.0. The summed E-state index contributed by atoms with van der Waals surface area (Å²) in [5.74, 6) is -0.977. The van der Waals surface area contributed by atoms with Crippen LogP contribution in [-0.2, 0) is 18.3 Å². The molecule has 0 aromatic rings. The molecule has 0 spiro atoms. The van der Waals surface area contributed by atoms with Crippen LogP contribution < -0.4 is 0 Å². The fraction of sp³-hybridized carbons (Fsp3) is 1.00. The number of rotatable bonds is 7. The van der Waals surface area contributed by atoms with E-state index in [1.807, 2.05) is 6.92 Å². The molecule has 1 rings (SSSR count). The predicted octanol–water partition coefficient (Wildman–Crippen LogP) is 3.21. The minimum atomic E-state index is -1.85. The first-order valence-corrected chi connectivity index (χ1v) is 15.4. The Morgan fingerprint density at radius 2 is 1.65 bits per heavy atom. The van der Waals surface area contributed by atoms with Gasteiger partial charge in [0, 0.05) is 13.0 Å². The quantitative estimate of drug-likeness (QED) is 0.703. The number of hydrogen-bond donors (Lipinski definition) is 1. The predicted molar refractivity (Wildman–Crippen MR) is 97.6 cm³/mol. The lowest BCUT2D eigenvalue weighted by molar-refractivity contribution is -0.337. The number of ether oxygens (including phenoxy) is 2. The van der Waals surface area contributed by atoms with Crippen molar-refractivity contribution >= 4 is 16.6 Å². The first-order chi connectivity index (χ1) is 10.3. The van der Waals surface area contributed by atoms with Gasteiger partial charge < -0.3 is 23.4 Å². The maximum absolute atomic E-state index is 11.0. The van der Waals surface area contributed by atoms with Gasteiger partial charge in [0.1, 0.15) is 6.10 Å².